The second kappa shape index (κ2) is 7.51. The van der Waals surface area contributed by atoms with Crippen LogP contribution in [0.4, 0.5) is 4.39 Å². The van der Waals surface area contributed by atoms with E-state index < -0.39 is 0 Å². The first-order valence-electron chi connectivity index (χ1n) is 7.65. The molecule has 0 radical (unpaired) electrons. The number of carbonyl (C=O) groups excluding carboxylic acids is 1. The number of nitrogens with one attached hydrogen (secondary N) is 3. The van der Waals surface area contributed by atoms with Crippen molar-refractivity contribution < 1.29 is 9.18 Å². The van der Waals surface area contributed by atoms with Gasteiger partial charge >= 0.3 is 0 Å². The first kappa shape index (κ1) is 16.5. The SMILES string of the molecule is CC(=O)NCCNSc1ccc(-c2c[nH]c3cc(F)ccc23)cc1. The summed E-state index contributed by atoms with van der Waals surface area (Å²) in [5.41, 5.74) is 2.93. The van der Waals surface area contributed by atoms with Gasteiger partial charge in [-0.3, -0.25) is 9.52 Å². The standard InChI is InChI=1S/C18H18FN3OS/c1-12(23)20-8-9-22-24-15-5-2-13(3-6-15)17-11-21-18-10-14(19)4-7-16(17)18/h2-7,10-11,21-22H,8-9H2,1H3,(H,20,23). The van der Waals surface area contributed by atoms with Gasteiger partial charge in [0, 0.05) is 47.6 Å². The Bertz CT molecular complexity index is 845. The lowest BCUT2D eigenvalue weighted by Crippen LogP contribution is -2.27. The van der Waals surface area contributed by atoms with Gasteiger partial charge in [-0.05, 0) is 47.8 Å². The maximum absolute atomic E-state index is 13.3. The number of aromatic amines is 1. The number of hydrogen-bond acceptors (Lipinski definition) is 3. The van der Waals surface area contributed by atoms with Gasteiger partial charge in [0.15, 0.2) is 0 Å². The monoisotopic (exact) mass is 343 g/mol. The largest absolute Gasteiger partial charge is 0.360 e. The summed E-state index contributed by atoms with van der Waals surface area (Å²) in [5, 5.41) is 3.74. The summed E-state index contributed by atoms with van der Waals surface area (Å²) < 4.78 is 16.5. The number of amides is 1. The Kier molecular flexibility index (Phi) is 5.17. The van der Waals surface area contributed by atoms with E-state index in [2.05, 4.69) is 15.0 Å². The summed E-state index contributed by atoms with van der Waals surface area (Å²) in [4.78, 5) is 15.0. The van der Waals surface area contributed by atoms with Crippen LogP contribution in [0.3, 0.4) is 0 Å². The van der Waals surface area contributed by atoms with E-state index in [0.29, 0.717) is 13.1 Å². The van der Waals surface area contributed by atoms with Crippen molar-refractivity contribution in [2.24, 2.45) is 0 Å². The Hall–Kier alpha value is -2.31. The zero-order chi connectivity index (χ0) is 16.9. The van der Waals surface area contributed by atoms with Crippen molar-refractivity contribution in [3.63, 3.8) is 0 Å². The molecule has 24 heavy (non-hydrogen) atoms. The molecule has 0 unspecified atom stereocenters. The highest BCUT2D eigenvalue weighted by Crippen LogP contribution is 2.30. The average Bonchev–Trinajstić information content (AvgIpc) is 2.98. The van der Waals surface area contributed by atoms with Gasteiger partial charge in [-0.1, -0.05) is 12.1 Å². The third-order valence-electron chi connectivity index (χ3n) is 3.60. The maximum Gasteiger partial charge on any atom is 0.216 e. The van der Waals surface area contributed by atoms with Crippen LogP contribution in [-0.4, -0.2) is 24.0 Å². The Morgan fingerprint density at radius 2 is 1.96 bits per heavy atom. The van der Waals surface area contributed by atoms with Gasteiger partial charge in [-0.25, -0.2) is 4.39 Å². The molecule has 0 saturated heterocycles. The molecular formula is C18H18FN3OS. The molecule has 1 amide bonds. The van der Waals surface area contributed by atoms with Crippen LogP contribution < -0.4 is 10.0 Å². The normalized spacial score (nSPS) is 10.9. The molecule has 3 rings (SSSR count). The van der Waals surface area contributed by atoms with Gasteiger partial charge in [-0.15, -0.1) is 0 Å². The van der Waals surface area contributed by atoms with E-state index >= 15 is 0 Å². The fraction of sp³-hybridized carbons (Fsp3) is 0.167. The predicted octanol–water partition coefficient (Wildman–Crippen LogP) is 3.71. The van der Waals surface area contributed by atoms with E-state index in [9.17, 15) is 9.18 Å². The van der Waals surface area contributed by atoms with E-state index in [4.69, 9.17) is 0 Å². The maximum atomic E-state index is 13.3. The number of hydrogen-bond donors (Lipinski definition) is 3. The summed E-state index contributed by atoms with van der Waals surface area (Å²) in [7, 11) is 0. The molecule has 3 aromatic rings. The Balaban J connectivity index is 1.64. The summed E-state index contributed by atoms with van der Waals surface area (Å²) in [6, 6.07) is 12.9. The van der Waals surface area contributed by atoms with Crippen molar-refractivity contribution in [1.82, 2.24) is 15.0 Å². The van der Waals surface area contributed by atoms with Crippen LogP contribution in [0.1, 0.15) is 6.92 Å². The molecule has 4 nitrogen and oxygen atoms in total. The van der Waals surface area contributed by atoms with Crippen LogP contribution in [0.25, 0.3) is 22.0 Å². The summed E-state index contributed by atoms with van der Waals surface area (Å²) in [6.07, 6.45) is 1.90. The van der Waals surface area contributed by atoms with Crippen LogP contribution in [0, 0.1) is 5.82 Å². The molecule has 0 bridgehead atoms. The molecule has 0 saturated carbocycles. The molecular weight excluding hydrogens is 325 g/mol. The molecule has 124 valence electrons. The van der Waals surface area contributed by atoms with E-state index in [1.807, 2.05) is 30.5 Å². The van der Waals surface area contributed by atoms with Crippen molar-refractivity contribution in [1.29, 1.82) is 0 Å². The minimum atomic E-state index is -0.243. The van der Waals surface area contributed by atoms with Crippen molar-refractivity contribution in [2.45, 2.75) is 11.8 Å². The molecule has 1 heterocycles. The first-order valence-corrected chi connectivity index (χ1v) is 8.46. The van der Waals surface area contributed by atoms with Crippen LogP contribution in [-0.2, 0) is 4.79 Å². The van der Waals surface area contributed by atoms with E-state index in [1.165, 1.54) is 31.0 Å². The third-order valence-corrected chi connectivity index (χ3v) is 4.46. The zero-order valence-corrected chi connectivity index (χ0v) is 14.0. The smallest absolute Gasteiger partial charge is 0.216 e. The minimum absolute atomic E-state index is 0.0234. The molecule has 3 N–H and O–H groups in total. The number of H-pyrrole nitrogens is 1. The van der Waals surface area contributed by atoms with Gasteiger partial charge in [0.1, 0.15) is 5.82 Å². The predicted molar refractivity (Wildman–Crippen MR) is 96.2 cm³/mol. The molecule has 1 aromatic heterocycles. The third kappa shape index (κ3) is 3.96. The molecule has 6 heteroatoms. The molecule has 0 fully saturated rings. The number of rotatable bonds is 6. The van der Waals surface area contributed by atoms with Crippen molar-refractivity contribution in [3.05, 3.63) is 54.5 Å². The lowest BCUT2D eigenvalue weighted by atomic mass is 10.1. The lowest BCUT2D eigenvalue weighted by molar-refractivity contribution is -0.118. The second-order valence-electron chi connectivity index (χ2n) is 5.40. The highest BCUT2D eigenvalue weighted by molar-refractivity contribution is 7.97. The number of carbonyl (C=O) groups is 1. The molecule has 0 aliphatic rings. The van der Waals surface area contributed by atoms with E-state index in [1.54, 1.807) is 6.07 Å². The summed E-state index contributed by atoms with van der Waals surface area (Å²) in [5.74, 6) is -0.266. The minimum Gasteiger partial charge on any atom is -0.360 e. The second-order valence-corrected chi connectivity index (χ2v) is 6.36. The van der Waals surface area contributed by atoms with Crippen LogP contribution in [0.2, 0.25) is 0 Å². The highest BCUT2D eigenvalue weighted by atomic mass is 32.2. The fourth-order valence-electron chi connectivity index (χ4n) is 2.46. The van der Waals surface area contributed by atoms with Crippen molar-refractivity contribution in [3.8, 4) is 11.1 Å². The number of halogens is 1. The topological polar surface area (TPSA) is 56.9 Å². The van der Waals surface area contributed by atoms with Crippen LogP contribution in [0.15, 0.2) is 53.6 Å². The molecule has 0 spiro atoms. The Morgan fingerprint density at radius 1 is 1.17 bits per heavy atom. The quantitative estimate of drug-likeness (QED) is 0.472. The van der Waals surface area contributed by atoms with Gasteiger partial charge in [-0.2, -0.15) is 0 Å². The fourth-order valence-corrected chi connectivity index (χ4v) is 3.11. The van der Waals surface area contributed by atoms with Gasteiger partial charge in [0.2, 0.25) is 5.91 Å². The van der Waals surface area contributed by atoms with Crippen molar-refractivity contribution >= 4 is 28.8 Å². The van der Waals surface area contributed by atoms with E-state index in [-0.39, 0.29) is 11.7 Å². The average molecular weight is 343 g/mol. The molecule has 0 aliphatic heterocycles. The van der Waals surface area contributed by atoms with E-state index in [0.717, 1.165) is 26.9 Å². The van der Waals surface area contributed by atoms with Crippen molar-refractivity contribution in [2.75, 3.05) is 13.1 Å². The first-order chi connectivity index (χ1) is 11.6. The molecule has 0 atom stereocenters. The Labute approximate surface area is 144 Å². The van der Waals surface area contributed by atoms with Gasteiger partial charge < -0.3 is 10.3 Å². The lowest BCUT2D eigenvalue weighted by Gasteiger charge is -2.06. The summed E-state index contributed by atoms with van der Waals surface area (Å²) in [6.45, 7) is 2.80. The number of benzene rings is 2. The number of aromatic nitrogens is 1. The van der Waals surface area contributed by atoms with Gasteiger partial charge in [0.05, 0.1) is 0 Å². The highest BCUT2D eigenvalue weighted by Gasteiger charge is 2.07. The molecule has 2 aromatic carbocycles. The van der Waals surface area contributed by atoms with Crippen LogP contribution in [0.5, 0.6) is 0 Å². The zero-order valence-electron chi connectivity index (χ0n) is 13.2. The Morgan fingerprint density at radius 3 is 2.71 bits per heavy atom. The van der Waals surface area contributed by atoms with Gasteiger partial charge in [0.25, 0.3) is 0 Å². The van der Waals surface area contributed by atoms with Crippen LogP contribution >= 0.6 is 11.9 Å². The number of fused-ring (bicyclic) bond motifs is 1. The molecule has 0 aliphatic carbocycles. The summed E-state index contributed by atoms with van der Waals surface area (Å²) >= 11 is 1.52.